The molecule has 0 radical (unpaired) electrons. The van der Waals surface area contributed by atoms with Gasteiger partial charge in [-0.1, -0.05) is 6.92 Å². The smallest absolute Gasteiger partial charge is 0.322 e. The van der Waals surface area contributed by atoms with Crippen molar-refractivity contribution < 1.29 is 9.53 Å². The number of carbonyl (C=O) groups is 1. The van der Waals surface area contributed by atoms with E-state index in [1.165, 1.54) is 7.11 Å². The molecule has 1 aliphatic rings. The Kier molecular flexibility index (Phi) is 4.58. The number of hydrogen-bond donors (Lipinski definition) is 0. The summed E-state index contributed by atoms with van der Waals surface area (Å²) in [6.45, 7) is 5.89. The summed E-state index contributed by atoms with van der Waals surface area (Å²) in [5.41, 5.74) is 0. The first kappa shape index (κ1) is 14.1. The minimum absolute atomic E-state index is 0.151. The Morgan fingerprint density at radius 3 is 3.11 bits per heavy atom. The van der Waals surface area contributed by atoms with E-state index in [1.807, 2.05) is 13.1 Å². The van der Waals surface area contributed by atoms with E-state index < -0.39 is 0 Å². The highest BCUT2D eigenvalue weighted by molar-refractivity contribution is 5.75. The highest BCUT2D eigenvalue weighted by atomic mass is 16.5. The van der Waals surface area contributed by atoms with E-state index in [9.17, 15) is 4.79 Å². The van der Waals surface area contributed by atoms with Crippen molar-refractivity contribution in [1.29, 1.82) is 0 Å². The molecule has 5 heteroatoms. The van der Waals surface area contributed by atoms with Crippen molar-refractivity contribution in [2.24, 2.45) is 0 Å². The molecule has 0 saturated carbocycles. The molecule has 1 aromatic heterocycles. The quantitative estimate of drug-likeness (QED) is 0.777. The Morgan fingerprint density at radius 2 is 2.42 bits per heavy atom. The van der Waals surface area contributed by atoms with Gasteiger partial charge in [0.2, 0.25) is 0 Å². The number of nitrogens with zero attached hydrogens (tertiary/aromatic N) is 3. The monoisotopic (exact) mass is 265 g/mol. The van der Waals surface area contributed by atoms with E-state index in [1.54, 1.807) is 0 Å². The fraction of sp³-hybridized carbons (Fsp3) is 0.714. The molecular formula is C14H23N3O2. The highest BCUT2D eigenvalue weighted by Gasteiger charge is 2.29. The van der Waals surface area contributed by atoms with Crippen molar-refractivity contribution >= 4 is 5.97 Å². The van der Waals surface area contributed by atoms with Gasteiger partial charge in [0.15, 0.2) is 0 Å². The second kappa shape index (κ2) is 6.19. The van der Waals surface area contributed by atoms with Gasteiger partial charge in [0, 0.05) is 31.4 Å². The molecule has 1 aliphatic heterocycles. The number of likely N-dealkylation sites (tertiary alicyclic amines) is 1. The van der Waals surface area contributed by atoms with Crippen LogP contribution in [-0.2, 0) is 16.0 Å². The molecule has 0 N–H and O–H groups in total. The molecule has 0 aliphatic carbocycles. The van der Waals surface area contributed by atoms with E-state index in [0.29, 0.717) is 6.04 Å². The first-order valence-electron chi connectivity index (χ1n) is 7.01. The van der Waals surface area contributed by atoms with E-state index in [4.69, 9.17) is 4.74 Å². The Labute approximate surface area is 114 Å². The lowest BCUT2D eigenvalue weighted by Crippen LogP contribution is -2.46. The van der Waals surface area contributed by atoms with Crippen molar-refractivity contribution in [3.05, 3.63) is 18.2 Å². The summed E-state index contributed by atoms with van der Waals surface area (Å²) in [6, 6.07) is 0.250. The standard InChI is InChI=1S/C14H23N3O2/c1-4-13-15-7-9-17(13)12-6-5-8-16(10-12)11(2)14(18)19-3/h7,9,11-12H,4-6,8,10H2,1-3H3/t11-,12-/m1/s1. The van der Waals surface area contributed by atoms with Crippen molar-refractivity contribution in [3.63, 3.8) is 0 Å². The van der Waals surface area contributed by atoms with Crippen LogP contribution in [0.5, 0.6) is 0 Å². The largest absolute Gasteiger partial charge is 0.468 e. The van der Waals surface area contributed by atoms with Crippen molar-refractivity contribution in [1.82, 2.24) is 14.5 Å². The predicted octanol–water partition coefficient (Wildman–Crippen LogP) is 1.64. The van der Waals surface area contributed by atoms with Crippen molar-refractivity contribution in [2.45, 2.75) is 45.2 Å². The number of esters is 1. The molecular weight excluding hydrogens is 242 g/mol. The molecule has 0 amide bonds. The molecule has 0 spiro atoms. The van der Waals surface area contributed by atoms with Crippen LogP contribution in [0.1, 0.15) is 38.6 Å². The lowest BCUT2D eigenvalue weighted by Gasteiger charge is -2.36. The summed E-state index contributed by atoms with van der Waals surface area (Å²) in [7, 11) is 1.45. The van der Waals surface area contributed by atoms with Crippen LogP contribution in [0.2, 0.25) is 0 Å². The predicted molar refractivity (Wildman–Crippen MR) is 72.9 cm³/mol. The SMILES string of the molecule is CCc1nccn1[C@@H]1CCCN([C@H](C)C(=O)OC)C1. The fourth-order valence-corrected chi connectivity index (χ4v) is 2.83. The summed E-state index contributed by atoms with van der Waals surface area (Å²) in [4.78, 5) is 18.2. The number of aryl methyl sites for hydroxylation is 1. The van der Waals surface area contributed by atoms with E-state index in [-0.39, 0.29) is 12.0 Å². The van der Waals surface area contributed by atoms with E-state index in [0.717, 1.165) is 38.2 Å². The average Bonchev–Trinajstić information content (AvgIpc) is 2.94. The molecule has 19 heavy (non-hydrogen) atoms. The van der Waals surface area contributed by atoms with Gasteiger partial charge in [-0.2, -0.15) is 0 Å². The Balaban J connectivity index is 2.07. The number of methoxy groups -OCH3 is 1. The van der Waals surface area contributed by atoms with Crippen LogP contribution in [0.25, 0.3) is 0 Å². The third kappa shape index (κ3) is 2.97. The normalized spacial score (nSPS) is 22.2. The minimum Gasteiger partial charge on any atom is -0.468 e. The third-order valence-corrected chi connectivity index (χ3v) is 3.98. The van der Waals surface area contributed by atoms with E-state index in [2.05, 4.69) is 27.6 Å². The number of ether oxygens (including phenoxy) is 1. The second-order valence-electron chi connectivity index (χ2n) is 5.09. The highest BCUT2D eigenvalue weighted by Crippen LogP contribution is 2.24. The third-order valence-electron chi connectivity index (χ3n) is 3.98. The van der Waals surface area contributed by atoms with Gasteiger partial charge < -0.3 is 9.30 Å². The fourth-order valence-electron chi connectivity index (χ4n) is 2.83. The van der Waals surface area contributed by atoms with Gasteiger partial charge in [0.25, 0.3) is 0 Å². The van der Waals surface area contributed by atoms with Crippen molar-refractivity contribution in [3.8, 4) is 0 Å². The molecule has 1 saturated heterocycles. The first-order chi connectivity index (χ1) is 9.17. The van der Waals surface area contributed by atoms with Gasteiger partial charge in [-0.15, -0.1) is 0 Å². The number of imidazole rings is 1. The first-order valence-corrected chi connectivity index (χ1v) is 7.01. The topological polar surface area (TPSA) is 47.4 Å². The molecule has 2 rings (SSSR count). The second-order valence-corrected chi connectivity index (χ2v) is 5.09. The maximum atomic E-state index is 11.6. The lowest BCUT2D eigenvalue weighted by atomic mass is 10.0. The Morgan fingerprint density at radius 1 is 1.63 bits per heavy atom. The summed E-state index contributed by atoms with van der Waals surface area (Å²) in [5.74, 6) is 0.972. The van der Waals surface area contributed by atoms with Crippen LogP contribution in [0.4, 0.5) is 0 Å². The zero-order valence-corrected chi connectivity index (χ0v) is 12.0. The molecule has 1 aromatic rings. The van der Waals surface area contributed by atoms with Crippen LogP contribution in [-0.4, -0.2) is 46.7 Å². The zero-order valence-electron chi connectivity index (χ0n) is 12.0. The molecule has 106 valence electrons. The van der Waals surface area contributed by atoms with Gasteiger partial charge in [-0.3, -0.25) is 9.69 Å². The van der Waals surface area contributed by atoms with Gasteiger partial charge >= 0.3 is 5.97 Å². The van der Waals surface area contributed by atoms with E-state index >= 15 is 0 Å². The van der Waals surface area contributed by atoms with Crippen LogP contribution in [0.3, 0.4) is 0 Å². The average molecular weight is 265 g/mol. The van der Waals surface area contributed by atoms with Crippen LogP contribution >= 0.6 is 0 Å². The molecule has 2 atom stereocenters. The Bertz CT molecular complexity index is 430. The lowest BCUT2D eigenvalue weighted by molar-refractivity contribution is -0.146. The molecule has 1 fully saturated rings. The minimum atomic E-state index is -0.165. The molecule has 5 nitrogen and oxygen atoms in total. The summed E-state index contributed by atoms with van der Waals surface area (Å²) >= 11 is 0. The number of aromatic nitrogens is 2. The molecule has 0 unspecified atom stereocenters. The molecule has 0 bridgehead atoms. The van der Waals surface area contributed by atoms with Gasteiger partial charge in [-0.05, 0) is 26.3 Å². The number of carbonyl (C=O) groups excluding carboxylic acids is 1. The molecule has 0 aromatic carbocycles. The number of rotatable bonds is 4. The van der Waals surface area contributed by atoms with Gasteiger partial charge in [-0.25, -0.2) is 4.98 Å². The summed E-state index contributed by atoms with van der Waals surface area (Å²) in [5, 5.41) is 0. The Hall–Kier alpha value is -1.36. The number of piperidine rings is 1. The zero-order chi connectivity index (χ0) is 13.8. The maximum absolute atomic E-state index is 11.6. The molecule has 2 heterocycles. The number of hydrogen-bond acceptors (Lipinski definition) is 4. The van der Waals surface area contributed by atoms with Crippen LogP contribution in [0.15, 0.2) is 12.4 Å². The van der Waals surface area contributed by atoms with Crippen LogP contribution in [0, 0.1) is 0 Å². The van der Waals surface area contributed by atoms with Gasteiger partial charge in [0.1, 0.15) is 11.9 Å². The summed E-state index contributed by atoms with van der Waals surface area (Å²) in [6.07, 6.45) is 7.11. The van der Waals surface area contributed by atoms with Gasteiger partial charge in [0.05, 0.1) is 7.11 Å². The van der Waals surface area contributed by atoms with Crippen molar-refractivity contribution in [2.75, 3.05) is 20.2 Å². The maximum Gasteiger partial charge on any atom is 0.322 e. The van der Waals surface area contributed by atoms with Crippen LogP contribution < -0.4 is 0 Å². The summed E-state index contributed by atoms with van der Waals surface area (Å²) < 4.78 is 7.10.